The highest BCUT2D eigenvalue weighted by atomic mass is 35.5. The molecule has 1 fully saturated rings. The monoisotopic (exact) mass is 229 g/mol. The zero-order chi connectivity index (χ0) is 11.3. The Balaban J connectivity index is 2.32. The van der Waals surface area contributed by atoms with Crippen LogP contribution >= 0.6 is 11.6 Å². The fraction of sp³-hybridized carbons (Fsp3) is 0.455. The van der Waals surface area contributed by atoms with Crippen LogP contribution in [0.5, 0.6) is 0 Å². The molecule has 1 aliphatic rings. The number of aliphatic hydroxyl groups is 1. The Kier molecular flexibility index (Phi) is 2.30. The number of halogens is 2. The van der Waals surface area contributed by atoms with Gasteiger partial charge in [-0.3, -0.25) is 0 Å². The summed E-state index contributed by atoms with van der Waals surface area (Å²) < 4.78 is 13.6. The lowest BCUT2D eigenvalue weighted by Gasteiger charge is -2.49. The van der Waals surface area contributed by atoms with E-state index in [0.29, 0.717) is 23.4 Å². The molecule has 3 N–H and O–H groups in total. The van der Waals surface area contributed by atoms with Gasteiger partial charge in [-0.2, -0.15) is 0 Å². The highest BCUT2D eigenvalue weighted by Crippen LogP contribution is 2.46. The maximum atomic E-state index is 13.6. The van der Waals surface area contributed by atoms with Crippen molar-refractivity contribution in [3.63, 3.8) is 0 Å². The Morgan fingerprint density at radius 3 is 2.53 bits per heavy atom. The smallest absolute Gasteiger partial charge is 0.129 e. The summed E-state index contributed by atoms with van der Waals surface area (Å²) in [5.74, 6) is -0.402. The molecular formula is C11H13ClFNO. The molecule has 2 nitrogen and oxygen atoms in total. The first kappa shape index (κ1) is 10.9. The maximum Gasteiger partial charge on any atom is 0.129 e. The van der Waals surface area contributed by atoms with Crippen molar-refractivity contribution in [1.82, 2.24) is 0 Å². The fourth-order valence-electron chi connectivity index (χ4n) is 2.39. The van der Waals surface area contributed by atoms with Crippen LogP contribution in [-0.2, 0) is 5.54 Å². The second-order valence-electron chi connectivity index (χ2n) is 4.63. The van der Waals surface area contributed by atoms with Gasteiger partial charge in [-0.05, 0) is 31.9 Å². The summed E-state index contributed by atoms with van der Waals surface area (Å²) in [6, 6.07) is 4.45. The summed E-state index contributed by atoms with van der Waals surface area (Å²) >= 11 is 5.65. The van der Waals surface area contributed by atoms with Crippen molar-refractivity contribution in [3.8, 4) is 0 Å². The minimum atomic E-state index is -0.777. The number of rotatable bonds is 1. The molecule has 0 aliphatic heterocycles. The van der Waals surface area contributed by atoms with Crippen LogP contribution in [0, 0.1) is 5.82 Å². The van der Waals surface area contributed by atoms with Crippen LogP contribution in [0.1, 0.15) is 25.3 Å². The molecule has 4 heteroatoms. The van der Waals surface area contributed by atoms with Crippen LogP contribution < -0.4 is 5.73 Å². The molecule has 0 heterocycles. The zero-order valence-electron chi connectivity index (χ0n) is 8.43. The van der Waals surface area contributed by atoms with Gasteiger partial charge in [0.2, 0.25) is 0 Å². The lowest BCUT2D eigenvalue weighted by Crippen LogP contribution is -2.58. The lowest BCUT2D eigenvalue weighted by molar-refractivity contribution is -0.0748. The highest BCUT2D eigenvalue weighted by molar-refractivity contribution is 6.30. The largest absolute Gasteiger partial charge is 0.390 e. The third-order valence-electron chi connectivity index (χ3n) is 2.86. The van der Waals surface area contributed by atoms with Crippen molar-refractivity contribution < 1.29 is 9.50 Å². The average molecular weight is 230 g/mol. The van der Waals surface area contributed by atoms with E-state index in [4.69, 9.17) is 17.3 Å². The summed E-state index contributed by atoms with van der Waals surface area (Å²) in [6.07, 6.45) is 0.747. The van der Waals surface area contributed by atoms with E-state index in [0.717, 1.165) is 0 Å². The van der Waals surface area contributed by atoms with Crippen LogP contribution in [0.3, 0.4) is 0 Å². The number of nitrogens with two attached hydrogens (primary N) is 1. The number of benzene rings is 1. The van der Waals surface area contributed by atoms with Gasteiger partial charge in [0.15, 0.2) is 0 Å². The quantitative estimate of drug-likeness (QED) is 0.776. The van der Waals surface area contributed by atoms with E-state index < -0.39 is 17.0 Å². The van der Waals surface area contributed by atoms with Crippen LogP contribution in [0.15, 0.2) is 18.2 Å². The minimum Gasteiger partial charge on any atom is -0.390 e. The molecule has 2 rings (SSSR count). The third-order valence-corrected chi connectivity index (χ3v) is 3.10. The van der Waals surface area contributed by atoms with Gasteiger partial charge in [0.25, 0.3) is 0 Å². The Labute approximate surface area is 92.9 Å². The SMILES string of the molecule is C[C@]1(O)C[C@@](N)(c2ccc(Cl)cc2F)C1. The van der Waals surface area contributed by atoms with E-state index >= 15 is 0 Å². The summed E-state index contributed by atoms with van der Waals surface area (Å²) in [5.41, 5.74) is 4.91. The first-order valence-corrected chi connectivity index (χ1v) is 5.17. The molecule has 1 aromatic rings. The van der Waals surface area contributed by atoms with E-state index in [1.54, 1.807) is 19.1 Å². The Morgan fingerprint density at radius 1 is 1.47 bits per heavy atom. The van der Waals surface area contributed by atoms with Crippen LogP contribution in [0.2, 0.25) is 5.02 Å². The summed E-state index contributed by atoms with van der Waals surface area (Å²) in [7, 11) is 0. The summed E-state index contributed by atoms with van der Waals surface area (Å²) in [4.78, 5) is 0. The van der Waals surface area contributed by atoms with E-state index in [9.17, 15) is 9.50 Å². The van der Waals surface area contributed by atoms with Crippen molar-refractivity contribution in [3.05, 3.63) is 34.6 Å². The zero-order valence-corrected chi connectivity index (χ0v) is 9.18. The Hall–Kier alpha value is -0.640. The summed E-state index contributed by atoms with van der Waals surface area (Å²) in [6.45, 7) is 1.70. The van der Waals surface area contributed by atoms with Crippen molar-refractivity contribution in [1.29, 1.82) is 0 Å². The molecule has 0 unspecified atom stereocenters. The first-order valence-electron chi connectivity index (χ1n) is 4.79. The molecule has 1 saturated carbocycles. The Morgan fingerprint density at radius 2 is 2.07 bits per heavy atom. The van der Waals surface area contributed by atoms with Crippen molar-refractivity contribution in [2.75, 3.05) is 0 Å². The van der Waals surface area contributed by atoms with E-state index in [1.807, 2.05) is 0 Å². The van der Waals surface area contributed by atoms with Gasteiger partial charge in [-0.25, -0.2) is 4.39 Å². The van der Waals surface area contributed by atoms with Crippen LogP contribution in [0.4, 0.5) is 4.39 Å². The van der Waals surface area contributed by atoms with E-state index in [2.05, 4.69) is 0 Å². The predicted octanol–water partition coefficient (Wildman–Crippen LogP) is 2.18. The molecule has 0 amide bonds. The average Bonchev–Trinajstić information content (AvgIpc) is 1.98. The van der Waals surface area contributed by atoms with Gasteiger partial charge in [-0.1, -0.05) is 17.7 Å². The molecule has 0 bridgehead atoms. The van der Waals surface area contributed by atoms with Gasteiger partial charge in [0, 0.05) is 16.1 Å². The third kappa shape index (κ3) is 1.87. The topological polar surface area (TPSA) is 46.2 Å². The minimum absolute atomic E-state index is 0.353. The highest BCUT2D eigenvalue weighted by Gasteiger charge is 2.50. The van der Waals surface area contributed by atoms with Crippen molar-refractivity contribution in [2.45, 2.75) is 30.9 Å². The molecule has 0 atom stereocenters. The van der Waals surface area contributed by atoms with Crippen molar-refractivity contribution >= 4 is 11.6 Å². The van der Waals surface area contributed by atoms with E-state index in [-0.39, 0.29) is 0 Å². The molecule has 0 radical (unpaired) electrons. The second-order valence-corrected chi connectivity index (χ2v) is 5.07. The van der Waals surface area contributed by atoms with Gasteiger partial charge >= 0.3 is 0 Å². The Bertz CT molecular complexity index is 398. The fourth-order valence-corrected chi connectivity index (χ4v) is 2.55. The van der Waals surface area contributed by atoms with Gasteiger partial charge in [0.05, 0.1) is 5.60 Å². The predicted molar refractivity (Wildman–Crippen MR) is 57.1 cm³/mol. The number of hydrogen-bond acceptors (Lipinski definition) is 2. The maximum absolute atomic E-state index is 13.6. The number of hydrogen-bond donors (Lipinski definition) is 2. The van der Waals surface area contributed by atoms with Gasteiger partial charge in [-0.15, -0.1) is 0 Å². The molecule has 0 saturated heterocycles. The van der Waals surface area contributed by atoms with Crippen LogP contribution in [-0.4, -0.2) is 10.7 Å². The molecule has 15 heavy (non-hydrogen) atoms. The van der Waals surface area contributed by atoms with Gasteiger partial charge in [0.1, 0.15) is 5.82 Å². The molecular weight excluding hydrogens is 217 g/mol. The standard InChI is InChI=1S/C11H13ClFNO/c1-10(15)5-11(14,6-10)8-3-2-7(12)4-9(8)13/h2-4,15H,5-6,14H2,1H3/t10-,11-. The molecule has 0 spiro atoms. The first-order chi connectivity index (χ1) is 6.82. The molecule has 1 aliphatic carbocycles. The normalized spacial score (nSPS) is 35.0. The molecule has 1 aromatic carbocycles. The van der Waals surface area contributed by atoms with Gasteiger partial charge < -0.3 is 10.8 Å². The molecule has 0 aromatic heterocycles. The second kappa shape index (κ2) is 3.17. The van der Waals surface area contributed by atoms with E-state index in [1.165, 1.54) is 6.07 Å². The lowest BCUT2D eigenvalue weighted by atomic mass is 9.63. The van der Waals surface area contributed by atoms with Crippen molar-refractivity contribution in [2.24, 2.45) is 5.73 Å². The van der Waals surface area contributed by atoms with Crippen LogP contribution in [0.25, 0.3) is 0 Å². The summed E-state index contributed by atoms with van der Waals surface area (Å²) in [5, 5.41) is 9.98. The molecule has 82 valence electrons.